The van der Waals surface area contributed by atoms with E-state index in [-0.39, 0.29) is 5.91 Å². The summed E-state index contributed by atoms with van der Waals surface area (Å²) >= 11 is 7.12. The Hall–Kier alpha value is -3.36. The molecular formula is C20H17ClN6OS. The van der Waals surface area contributed by atoms with Crippen molar-refractivity contribution in [1.29, 1.82) is 0 Å². The first-order chi connectivity index (χ1) is 14.1. The van der Waals surface area contributed by atoms with Crippen LogP contribution >= 0.6 is 22.9 Å². The summed E-state index contributed by atoms with van der Waals surface area (Å²) in [6.07, 6.45) is 5.50. The highest BCUT2D eigenvalue weighted by atomic mass is 35.5. The van der Waals surface area contributed by atoms with Gasteiger partial charge in [-0.05, 0) is 48.5 Å². The minimum absolute atomic E-state index is 0.165. The molecule has 1 aromatic carbocycles. The Bertz CT molecular complexity index is 1210. The Labute approximate surface area is 175 Å². The number of hydrogen-bond donors (Lipinski definition) is 2. The largest absolute Gasteiger partial charge is 0.346 e. The molecule has 0 aliphatic carbocycles. The zero-order valence-corrected chi connectivity index (χ0v) is 16.8. The lowest BCUT2D eigenvalue weighted by Gasteiger charge is -2.08. The third-order valence-electron chi connectivity index (χ3n) is 4.26. The summed E-state index contributed by atoms with van der Waals surface area (Å²) in [6.45, 7) is 0.334. The molecule has 0 atom stereocenters. The van der Waals surface area contributed by atoms with Gasteiger partial charge in [-0.2, -0.15) is 5.10 Å². The zero-order valence-electron chi connectivity index (χ0n) is 15.2. The molecule has 146 valence electrons. The minimum atomic E-state index is -0.165. The Morgan fingerprint density at radius 3 is 2.66 bits per heavy atom. The van der Waals surface area contributed by atoms with Gasteiger partial charge in [0.25, 0.3) is 5.91 Å². The third-order valence-corrected chi connectivity index (χ3v) is 5.49. The van der Waals surface area contributed by atoms with Gasteiger partial charge in [0.15, 0.2) is 5.49 Å². The quantitative estimate of drug-likeness (QED) is 0.381. The fourth-order valence-corrected chi connectivity index (χ4v) is 3.79. The van der Waals surface area contributed by atoms with Gasteiger partial charge < -0.3 is 20.3 Å². The highest BCUT2D eigenvalue weighted by Gasteiger charge is 2.09. The number of aromatic nitrogens is 3. The van der Waals surface area contributed by atoms with Crippen molar-refractivity contribution >= 4 is 28.8 Å². The number of amides is 1. The fourth-order valence-electron chi connectivity index (χ4n) is 2.83. The number of halogens is 1. The van der Waals surface area contributed by atoms with Crippen molar-refractivity contribution in [2.24, 2.45) is 10.9 Å². The number of imidazole rings is 1. The highest BCUT2D eigenvalue weighted by molar-refractivity contribution is 7.17. The molecule has 3 heterocycles. The molecule has 0 aliphatic rings. The van der Waals surface area contributed by atoms with Gasteiger partial charge in [0.05, 0.1) is 27.8 Å². The van der Waals surface area contributed by atoms with Crippen LogP contribution in [-0.4, -0.2) is 20.0 Å². The van der Waals surface area contributed by atoms with Crippen molar-refractivity contribution < 1.29 is 4.79 Å². The Kier molecular flexibility index (Phi) is 5.46. The molecule has 0 aliphatic heterocycles. The number of benzene rings is 1. The molecule has 0 spiro atoms. The maximum Gasteiger partial charge on any atom is 0.261 e. The Morgan fingerprint density at radius 1 is 1.14 bits per heavy atom. The van der Waals surface area contributed by atoms with Gasteiger partial charge in [0, 0.05) is 23.8 Å². The van der Waals surface area contributed by atoms with E-state index in [2.05, 4.69) is 15.4 Å². The summed E-state index contributed by atoms with van der Waals surface area (Å²) in [7, 11) is 0. The number of hydrogen-bond acceptors (Lipinski definition) is 5. The Balaban J connectivity index is 1.46. The van der Waals surface area contributed by atoms with Gasteiger partial charge in [0.2, 0.25) is 0 Å². The molecular weight excluding hydrogens is 408 g/mol. The van der Waals surface area contributed by atoms with Crippen LogP contribution in [0.4, 0.5) is 0 Å². The average molecular weight is 425 g/mol. The van der Waals surface area contributed by atoms with Gasteiger partial charge in [-0.3, -0.25) is 4.79 Å². The van der Waals surface area contributed by atoms with Gasteiger partial charge in [-0.25, -0.2) is 4.98 Å². The summed E-state index contributed by atoms with van der Waals surface area (Å²) in [6, 6.07) is 17.0. The molecule has 0 saturated carbocycles. The second-order valence-corrected chi connectivity index (χ2v) is 7.85. The van der Waals surface area contributed by atoms with E-state index < -0.39 is 0 Å². The van der Waals surface area contributed by atoms with Crippen molar-refractivity contribution in [1.82, 2.24) is 19.4 Å². The first-order valence-electron chi connectivity index (χ1n) is 8.73. The van der Waals surface area contributed by atoms with Crippen LogP contribution in [0.1, 0.15) is 15.4 Å². The average Bonchev–Trinajstić information content (AvgIpc) is 3.41. The van der Waals surface area contributed by atoms with Crippen molar-refractivity contribution in [3.63, 3.8) is 0 Å². The van der Waals surface area contributed by atoms with E-state index in [9.17, 15) is 4.79 Å². The summed E-state index contributed by atoms with van der Waals surface area (Å²) in [5.41, 5.74) is 3.31. The van der Waals surface area contributed by atoms with E-state index in [0.717, 1.165) is 17.1 Å². The zero-order chi connectivity index (χ0) is 20.2. The van der Waals surface area contributed by atoms with Gasteiger partial charge >= 0.3 is 0 Å². The second-order valence-electron chi connectivity index (χ2n) is 6.13. The molecule has 29 heavy (non-hydrogen) atoms. The van der Waals surface area contributed by atoms with Crippen LogP contribution in [0.2, 0.25) is 4.34 Å². The van der Waals surface area contributed by atoms with Crippen LogP contribution in [-0.2, 0) is 6.54 Å². The molecule has 0 radical (unpaired) electrons. The summed E-state index contributed by atoms with van der Waals surface area (Å²) in [5.74, 6) is 5.29. The number of nitrogens with two attached hydrogens (primary N) is 1. The second kappa shape index (κ2) is 8.34. The number of thiophene rings is 1. The standard InChI is InChI=1S/C20H17ClN6OS/c21-18-9-8-17(29-18)20(28)23-11-14-12-26(13-24-14)15-4-6-16(7-5-15)27-10-2-1-3-19(27)25-22/h1-10,12-13H,11,22H2,(H,23,28)/b25-19+. The van der Waals surface area contributed by atoms with Crippen LogP contribution < -0.4 is 16.6 Å². The molecule has 7 nitrogen and oxygen atoms in total. The monoisotopic (exact) mass is 424 g/mol. The van der Waals surface area contributed by atoms with Gasteiger partial charge in [0.1, 0.15) is 0 Å². The Morgan fingerprint density at radius 2 is 1.93 bits per heavy atom. The van der Waals surface area contributed by atoms with E-state index >= 15 is 0 Å². The van der Waals surface area contributed by atoms with E-state index in [0.29, 0.717) is 21.2 Å². The predicted molar refractivity (Wildman–Crippen MR) is 113 cm³/mol. The first-order valence-corrected chi connectivity index (χ1v) is 9.92. The molecule has 1 amide bonds. The van der Waals surface area contributed by atoms with E-state index in [4.69, 9.17) is 17.4 Å². The molecule has 9 heteroatoms. The molecule has 3 N–H and O–H groups in total. The normalized spacial score (nSPS) is 11.6. The predicted octanol–water partition coefficient (Wildman–Crippen LogP) is 3.08. The molecule has 4 aromatic rings. The van der Waals surface area contributed by atoms with Crippen molar-refractivity contribution in [3.8, 4) is 11.4 Å². The number of carbonyl (C=O) groups excluding carboxylic acids is 1. The molecule has 3 aromatic heterocycles. The molecule has 0 unspecified atom stereocenters. The van der Waals surface area contributed by atoms with Crippen molar-refractivity contribution in [2.45, 2.75) is 6.54 Å². The van der Waals surface area contributed by atoms with Crippen molar-refractivity contribution in [2.75, 3.05) is 0 Å². The molecule has 0 bridgehead atoms. The van der Waals surface area contributed by atoms with E-state index in [1.807, 2.05) is 64.0 Å². The smallest absolute Gasteiger partial charge is 0.261 e. The van der Waals surface area contributed by atoms with Crippen LogP contribution in [0, 0.1) is 0 Å². The van der Waals surface area contributed by atoms with E-state index in [1.165, 1.54) is 11.3 Å². The van der Waals surface area contributed by atoms with Crippen LogP contribution in [0.3, 0.4) is 0 Å². The summed E-state index contributed by atoms with van der Waals surface area (Å²) in [5, 5.41) is 6.64. The summed E-state index contributed by atoms with van der Waals surface area (Å²) < 4.78 is 4.39. The lowest BCUT2D eigenvalue weighted by atomic mass is 10.2. The molecule has 0 saturated heterocycles. The van der Waals surface area contributed by atoms with Gasteiger partial charge in [-0.15, -0.1) is 11.3 Å². The number of nitrogens with one attached hydrogen (secondary N) is 1. The minimum Gasteiger partial charge on any atom is -0.346 e. The first kappa shape index (κ1) is 19.0. The van der Waals surface area contributed by atoms with Crippen LogP contribution in [0.15, 0.2) is 78.4 Å². The van der Waals surface area contributed by atoms with Crippen molar-refractivity contribution in [3.05, 3.63) is 93.7 Å². The maximum atomic E-state index is 12.1. The number of rotatable bonds is 5. The van der Waals surface area contributed by atoms with Gasteiger partial charge in [-0.1, -0.05) is 17.7 Å². The summed E-state index contributed by atoms with van der Waals surface area (Å²) in [4.78, 5) is 17.1. The van der Waals surface area contributed by atoms with E-state index in [1.54, 1.807) is 18.5 Å². The lowest BCUT2D eigenvalue weighted by Crippen LogP contribution is -2.21. The van der Waals surface area contributed by atoms with Crippen LogP contribution in [0.5, 0.6) is 0 Å². The highest BCUT2D eigenvalue weighted by Crippen LogP contribution is 2.21. The molecule has 0 fully saturated rings. The SMILES string of the molecule is N/N=c1\ccccn1-c1ccc(-n2cnc(CNC(=O)c3ccc(Cl)s3)c2)cc1. The number of pyridine rings is 1. The lowest BCUT2D eigenvalue weighted by molar-refractivity contribution is 0.0954. The topological polar surface area (TPSA) is 90.2 Å². The van der Waals surface area contributed by atoms with Crippen LogP contribution in [0.25, 0.3) is 11.4 Å². The third kappa shape index (κ3) is 4.23. The fraction of sp³-hybridized carbons (Fsp3) is 0.0500. The number of nitrogens with zero attached hydrogens (tertiary/aromatic N) is 4. The molecule has 4 rings (SSSR count). The number of carbonyl (C=O) groups is 1. The maximum absolute atomic E-state index is 12.1.